The van der Waals surface area contributed by atoms with Gasteiger partial charge in [-0.25, -0.2) is 4.68 Å². The maximum absolute atomic E-state index is 12.2. The van der Waals surface area contributed by atoms with Gasteiger partial charge in [-0.3, -0.25) is 9.69 Å². The highest BCUT2D eigenvalue weighted by Gasteiger charge is 2.11. The van der Waals surface area contributed by atoms with Crippen molar-refractivity contribution in [2.45, 2.75) is 32.5 Å². The summed E-state index contributed by atoms with van der Waals surface area (Å²) in [6, 6.07) is 9.89. The molecule has 9 heteroatoms. The van der Waals surface area contributed by atoms with E-state index in [9.17, 15) is 4.79 Å². The standard InChI is InChI=1S/C22H36N8O/c31-22(26-16-20-6-2-1-3-7-20)19-30-18-21(27-28-30)17-29-14-5-10-24-12-11-23-8-4-9-25-13-15-29/h1-3,6-7,18,23-25H,4-5,8-17,19H2,(H,26,31). The van der Waals surface area contributed by atoms with E-state index in [1.807, 2.05) is 36.5 Å². The first-order valence-corrected chi connectivity index (χ1v) is 11.3. The lowest BCUT2D eigenvalue weighted by Gasteiger charge is -2.22. The molecule has 1 amide bonds. The SMILES string of the molecule is O=C(Cn1cc(CN2CCCNCCNCCCNCC2)nn1)NCc1ccccc1. The predicted octanol–water partition coefficient (Wildman–Crippen LogP) is -0.0409. The number of nitrogens with zero attached hydrogens (tertiary/aromatic N) is 4. The first-order chi connectivity index (χ1) is 15.3. The molecule has 2 heterocycles. The minimum atomic E-state index is -0.0663. The van der Waals surface area contributed by atoms with Crippen LogP contribution in [0.15, 0.2) is 36.5 Å². The van der Waals surface area contributed by atoms with E-state index in [1.54, 1.807) is 4.68 Å². The number of benzene rings is 1. The molecule has 1 aromatic heterocycles. The van der Waals surface area contributed by atoms with Gasteiger partial charge in [-0.15, -0.1) is 5.10 Å². The summed E-state index contributed by atoms with van der Waals surface area (Å²) in [5.41, 5.74) is 1.98. The van der Waals surface area contributed by atoms with Gasteiger partial charge in [-0.2, -0.15) is 0 Å². The fraction of sp³-hybridized carbons (Fsp3) is 0.591. The van der Waals surface area contributed by atoms with Gasteiger partial charge in [0.1, 0.15) is 6.54 Å². The molecule has 0 atom stereocenters. The summed E-state index contributed by atoms with van der Waals surface area (Å²) in [7, 11) is 0. The van der Waals surface area contributed by atoms with E-state index in [1.165, 1.54) is 0 Å². The van der Waals surface area contributed by atoms with Crippen LogP contribution in [-0.2, 0) is 24.4 Å². The molecule has 0 saturated carbocycles. The quantitative estimate of drug-likeness (QED) is 0.512. The van der Waals surface area contributed by atoms with E-state index < -0.39 is 0 Å². The Labute approximate surface area is 185 Å². The van der Waals surface area contributed by atoms with Crippen LogP contribution in [0.5, 0.6) is 0 Å². The second-order valence-electron chi connectivity index (χ2n) is 7.90. The number of aromatic nitrogens is 3. The highest BCUT2D eigenvalue weighted by Crippen LogP contribution is 2.02. The molecule has 2 aromatic rings. The molecule has 1 fully saturated rings. The van der Waals surface area contributed by atoms with Crippen molar-refractivity contribution >= 4 is 5.91 Å². The molecule has 0 bridgehead atoms. The molecule has 0 aliphatic carbocycles. The second-order valence-corrected chi connectivity index (χ2v) is 7.90. The van der Waals surface area contributed by atoms with E-state index in [0.29, 0.717) is 6.54 Å². The Bertz CT molecular complexity index is 737. The average Bonchev–Trinajstić information content (AvgIpc) is 3.22. The molecule has 1 saturated heterocycles. The number of amides is 1. The zero-order chi connectivity index (χ0) is 21.6. The van der Waals surface area contributed by atoms with Crippen LogP contribution in [0.1, 0.15) is 24.1 Å². The van der Waals surface area contributed by atoms with Gasteiger partial charge in [-0.05, 0) is 44.6 Å². The third-order valence-corrected chi connectivity index (χ3v) is 5.23. The Morgan fingerprint density at radius 2 is 1.68 bits per heavy atom. The monoisotopic (exact) mass is 428 g/mol. The van der Waals surface area contributed by atoms with Crippen molar-refractivity contribution in [3.63, 3.8) is 0 Å². The minimum Gasteiger partial charge on any atom is -0.350 e. The Balaban J connectivity index is 1.43. The summed E-state index contributed by atoms with van der Waals surface area (Å²) in [4.78, 5) is 14.6. The summed E-state index contributed by atoms with van der Waals surface area (Å²) in [5, 5.41) is 21.8. The molecule has 170 valence electrons. The normalized spacial score (nSPS) is 17.7. The van der Waals surface area contributed by atoms with Crippen LogP contribution >= 0.6 is 0 Å². The zero-order valence-electron chi connectivity index (χ0n) is 18.4. The molecule has 0 unspecified atom stereocenters. The van der Waals surface area contributed by atoms with Crippen molar-refractivity contribution in [1.29, 1.82) is 0 Å². The van der Waals surface area contributed by atoms with Crippen LogP contribution in [0.2, 0.25) is 0 Å². The predicted molar refractivity (Wildman–Crippen MR) is 121 cm³/mol. The molecule has 3 rings (SSSR count). The first kappa shape index (κ1) is 23.3. The summed E-state index contributed by atoms with van der Waals surface area (Å²) < 4.78 is 1.62. The second kappa shape index (κ2) is 13.9. The minimum absolute atomic E-state index is 0.0663. The Hall–Kier alpha value is -2.33. The number of hydrogen-bond acceptors (Lipinski definition) is 7. The molecule has 9 nitrogen and oxygen atoms in total. The number of carbonyl (C=O) groups excluding carboxylic acids is 1. The fourth-order valence-electron chi connectivity index (χ4n) is 3.54. The number of carbonyl (C=O) groups is 1. The van der Waals surface area contributed by atoms with Gasteiger partial charge in [0.05, 0.1) is 11.9 Å². The van der Waals surface area contributed by atoms with Crippen molar-refractivity contribution in [1.82, 2.24) is 41.2 Å². The lowest BCUT2D eigenvalue weighted by atomic mass is 10.2. The molecule has 1 aliphatic rings. The fourth-order valence-corrected chi connectivity index (χ4v) is 3.54. The van der Waals surface area contributed by atoms with Gasteiger partial charge in [0.15, 0.2) is 0 Å². The van der Waals surface area contributed by atoms with Crippen molar-refractivity contribution in [2.24, 2.45) is 0 Å². The molecular formula is C22H36N8O. The summed E-state index contributed by atoms with van der Waals surface area (Å²) in [6.07, 6.45) is 4.11. The third kappa shape index (κ3) is 9.56. The molecule has 1 aromatic carbocycles. The van der Waals surface area contributed by atoms with E-state index in [2.05, 4.69) is 36.5 Å². The highest BCUT2D eigenvalue weighted by molar-refractivity contribution is 5.75. The smallest absolute Gasteiger partial charge is 0.242 e. The maximum atomic E-state index is 12.2. The van der Waals surface area contributed by atoms with Gasteiger partial charge in [0.2, 0.25) is 5.91 Å². The Morgan fingerprint density at radius 1 is 0.935 bits per heavy atom. The van der Waals surface area contributed by atoms with Crippen molar-refractivity contribution in [3.05, 3.63) is 47.8 Å². The van der Waals surface area contributed by atoms with Gasteiger partial charge in [0.25, 0.3) is 0 Å². The summed E-state index contributed by atoms with van der Waals surface area (Å²) >= 11 is 0. The first-order valence-electron chi connectivity index (χ1n) is 11.3. The van der Waals surface area contributed by atoms with E-state index in [4.69, 9.17) is 0 Å². The van der Waals surface area contributed by atoms with Crippen molar-refractivity contribution in [3.8, 4) is 0 Å². The average molecular weight is 429 g/mol. The van der Waals surface area contributed by atoms with Crippen LogP contribution < -0.4 is 21.3 Å². The molecule has 1 aliphatic heterocycles. The van der Waals surface area contributed by atoms with Crippen molar-refractivity contribution in [2.75, 3.05) is 52.4 Å². The van der Waals surface area contributed by atoms with Gasteiger partial charge >= 0.3 is 0 Å². The van der Waals surface area contributed by atoms with Gasteiger partial charge in [0, 0.05) is 39.3 Å². The van der Waals surface area contributed by atoms with Gasteiger partial charge < -0.3 is 21.3 Å². The van der Waals surface area contributed by atoms with Gasteiger partial charge in [-0.1, -0.05) is 35.5 Å². The van der Waals surface area contributed by atoms with E-state index in [-0.39, 0.29) is 12.5 Å². The van der Waals surface area contributed by atoms with Crippen LogP contribution in [0.4, 0.5) is 0 Å². The Kier molecular flexibility index (Phi) is 10.4. The van der Waals surface area contributed by atoms with Crippen LogP contribution in [-0.4, -0.2) is 78.2 Å². The van der Waals surface area contributed by atoms with Crippen molar-refractivity contribution < 1.29 is 4.79 Å². The molecule has 0 radical (unpaired) electrons. The summed E-state index contributed by atoms with van der Waals surface area (Å²) in [5.74, 6) is -0.0663. The molecule has 4 N–H and O–H groups in total. The van der Waals surface area contributed by atoms with E-state index >= 15 is 0 Å². The Morgan fingerprint density at radius 3 is 2.48 bits per heavy atom. The lowest BCUT2D eigenvalue weighted by Crippen LogP contribution is -2.36. The molecule has 0 spiro atoms. The zero-order valence-corrected chi connectivity index (χ0v) is 18.4. The number of nitrogens with one attached hydrogen (secondary N) is 4. The van der Waals surface area contributed by atoms with Crippen LogP contribution in [0, 0.1) is 0 Å². The van der Waals surface area contributed by atoms with Crippen LogP contribution in [0.25, 0.3) is 0 Å². The topological polar surface area (TPSA) is 99.1 Å². The number of rotatable bonds is 6. The highest BCUT2D eigenvalue weighted by atomic mass is 16.2. The lowest BCUT2D eigenvalue weighted by molar-refractivity contribution is -0.122. The third-order valence-electron chi connectivity index (χ3n) is 5.23. The molecular weight excluding hydrogens is 392 g/mol. The van der Waals surface area contributed by atoms with Crippen LogP contribution in [0.3, 0.4) is 0 Å². The van der Waals surface area contributed by atoms with E-state index in [0.717, 1.165) is 83.0 Å². The molecule has 31 heavy (non-hydrogen) atoms. The number of hydrogen-bond donors (Lipinski definition) is 4. The maximum Gasteiger partial charge on any atom is 0.242 e. The largest absolute Gasteiger partial charge is 0.350 e. The summed E-state index contributed by atoms with van der Waals surface area (Å²) in [6.45, 7) is 9.51.